The van der Waals surface area contributed by atoms with Crippen LogP contribution in [0.2, 0.25) is 0 Å². The van der Waals surface area contributed by atoms with Gasteiger partial charge in [0.05, 0.1) is 22.6 Å². The molecule has 1 atom stereocenters. The minimum absolute atomic E-state index is 0.0658. The van der Waals surface area contributed by atoms with Crippen LogP contribution in [0.25, 0.3) is 21.3 Å². The van der Waals surface area contributed by atoms with E-state index >= 15 is 0 Å². The molecule has 174 valence electrons. The Hall–Kier alpha value is -3.20. The molecule has 34 heavy (non-hydrogen) atoms. The zero-order valence-corrected chi connectivity index (χ0v) is 19.8. The molecular formula is C26H24FN3O3S. The van der Waals surface area contributed by atoms with Gasteiger partial charge in [0.25, 0.3) is 5.69 Å². The van der Waals surface area contributed by atoms with E-state index in [4.69, 9.17) is 4.74 Å². The first-order valence-electron chi connectivity index (χ1n) is 11.1. The molecule has 0 amide bonds. The Balaban J connectivity index is 1.57. The number of halogens is 1. The molecular weight excluding hydrogens is 453 g/mol. The maximum Gasteiger partial charge on any atom is 0.289 e. The van der Waals surface area contributed by atoms with Gasteiger partial charge in [-0.15, -0.1) is 11.3 Å². The van der Waals surface area contributed by atoms with Crippen LogP contribution in [-0.2, 0) is 16.9 Å². The van der Waals surface area contributed by atoms with Crippen LogP contribution in [0.15, 0.2) is 60.1 Å². The number of hydrogen-bond donors (Lipinski definition) is 0. The molecule has 0 spiro atoms. The Labute approximate surface area is 200 Å². The third-order valence-electron chi connectivity index (χ3n) is 6.40. The van der Waals surface area contributed by atoms with Gasteiger partial charge in [-0.05, 0) is 85.6 Å². The SMILES string of the molecule is CN(C)CCCC1(c2ccc(F)cc2)OCc2cc(-c3cc([N+](=O)[O-])c4scnc4c3)ccc21. The summed E-state index contributed by atoms with van der Waals surface area (Å²) in [5.74, 6) is -0.278. The number of benzene rings is 3. The molecule has 2 heterocycles. The number of non-ortho nitro benzene ring substituents is 1. The molecule has 0 bridgehead atoms. The van der Waals surface area contributed by atoms with E-state index in [2.05, 4.69) is 9.88 Å². The molecule has 1 aliphatic heterocycles. The van der Waals surface area contributed by atoms with Crippen LogP contribution >= 0.6 is 11.3 Å². The van der Waals surface area contributed by atoms with Crippen molar-refractivity contribution < 1.29 is 14.1 Å². The van der Waals surface area contributed by atoms with Gasteiger partial charge in [-0.1, -0.05) is 24.3 Å². The van der Waals surface area contributed by atoms with E-state index in [0.717, 1.165) is 47.2 Å². The number of nitro benzene ring substituents is 1. The standard InChI is InChI=1S/C26H24FN3O3S/c1-29(2)11-3-10-26(20-5-7-21(27)8-6-20)22-9-4-17(12-19(22)15-33-26)18-13-23-25(34-16-28-23)24(14-18)30(31)32/h4-9,12-14,16H,3,10-11,15H2,1-2H3. The highest BCUT2D eigenvalue weighted by atomic mass is 32.1. The molecule has 0 N–H and O–H groups in total. The second-order valence-electron chi connectivity index (χ2n) is 8.85. The third kappa shape index (κ3) is 3.98. The fraction of sp³-hybridized carbons (Fsp3) is 0.269. The van der Waals surface area contributed by atoms with Crippen LogP contribution in [0.1, 0.15) is 29.5 Å². The minimum Gasteiger partial charge on any atom is -0.361 e. The van der Waals surface area contributed by atoms with Gasteiger partial charge in [-0.2, -0.15) is 0 Å². The first-order chi connectivity index (χ1) is 16.4. The molecule has 1 unspecified atom stereocenters. The van der Waals surface area contributed by atoms with E-state index in [9.17, 15) is 14.5 Å². The first kappa shape index (κ1) is 22.6. The van der Waals surface area contributed by atoms with Crippen LogP contribution in [0.5, 0.6) is 0 Å². The number of rotatable bonds is 7. The Morgan fingerprint density at radius 3 is 2.68 bits per heavy atom. The van der Waals surface area contributed by atoms with Crippen LogP contribution < -0.4 is 0 Å². The van der Waals surface area contributed by atoms with Gasteiger partial charge in [-0.3, -0.25) is 10.1 Å². The lowest BCUT2D eigenvalue weighted by atomic mass is 9.81. The highest BCUT2D eigenvalue weighted by Gasteiger charge is 2.41. The fourth-order valence-electron chi connectivity index (χ4n) is 4.77. The summed E-state index contributed by atoms with van der Waals surface area (Å²) in [6.07, 6.45) is 1.68. The largest absolute Gasteiger partial charge is 0.361 e. The number of fused-ring (bicyclic) bond motifs is 2. The Bertz CT molecular complexity index is 1370. The van der Waals surface area contributed by atoms with E-state index in [-0.39, 0.29) is 16.4 Å². The van der Waals surface area contributed by atoms with Crippen molar-refractivity contribution in [2.45, 2.75) is 25.0 Å². The van der Waals surface area contributed by atoms with Crippen molar-refractivity contribution in [1.29, 1.82) is 0 Å². The molecule has 0 fully saturated rings. The molecule has 8 heteroatoms. The molecule has 6 nitrogen and oxygen atoms in total. The Kier molecular flexibility index (Phi) is 5.89. The summed E-state index contributed by atoms with van der Waals surface area (Å²) in [6.45, 7) is 1.33. The number of thiazole rings is 1. The molecule has 3 aromatic carbocycles. The maximum atomic E-state index is 13.7. The smallest absolute Gasteiger partial charge is 0.289 e. The van der Waals surface area contributed by atoms with Crippen LogP contribution in [-0.4, -0.2) is 35.4 Å². The molecule has 0 saturated carbocycles. The average Bonchev–Trinajstić information content (AvgIpc) is 3.43. The van der Waals surface area contributed by atoms with Crippen molar-refractivity contribution >= 4 is 27.2 Å². The van der Waals surface area contributed by atoms with Crippen molar-refractivity contribution in [3.05, 3.63) is 92.7 Å². The van der Waals surface area contributed by atoms with Crippen molar-refractivity contribution in [3.63, 3.8) is 0 Å². The summed E-state index contributed by atoms with van der Waals surface area (Å²) in [7, 11) is 4.08. The van der Waals surface area contributed by atoms with Gasteiger partial charge in [-0.25, -0.2) is 9.37 Å². The summed E-state index contributed by atoms with van der Waals surface area (Å²) in [4.78, 5) is 17.7. The molecule has 0 radical (unpaired) electrons. The van der Waals surface area contributed by atoms with Crippen molar-refractivity contribution in [3.8, 4) is 11.1 Å². The van der Waals surface area contributed by atoms with Gasteiger partial charge >= 0.3 is 0 Å². The van der Waals surface area contributed by atoms with Gasteiger partial charge in [0, 0.05) is 6.07 Å². The van der Waals surface area contributed by atoms with Gasteiger partial charge in [0.2, 0.25) is 0 Å². The average molecular weight is 478 g/mol. The third-order valence-corrected chi connectivity index (χ3v) is 7.27. The summed E-state index contributed by atoms with van der Waals surface area (Å²) >= 11 is 1.27. The quantitative estimate of drug-likeness (QED) is 0.237. The van der Waals surface area contributed by atoms with E-state index in [1.165, 1.54) is 23.5 Å². The molecule has 0 aliphatic carbocycles. The summed E-state index contributed by atoms with van der Waals surface area (Å²) < 4.78 is 20.7. The zero-order chi connectivity index (χ0) is 23.9. The van der Waals surface area contributed by atoms with E-state index in [1.54, 1.807) is 23.7 Å². The highest BCUT2D eigenvalue weighted by Crippen LogP contribution is 2.46. The van der Waals surface area contributed by atoms with E-state index in [1.807, 2.05) is 38.4 Å². The second kappa shape index (κ2) is 8.87. The summed E-state index contributed by atoms with van der Waals surface area (Å²) in [5.41, 5.74) is 6.32. The van der Waals surface area contributed by atoms with Crippen molar-refractivity contribution in [2.24, 2.45) is 0 Å². The first-order valence-corrected chi connectivity index (χ1v) is 12.0. The maximum absolute atomic E-state index is 13.7. The predicted octanol–water partition coefficient (Wildman–Crippen LogP) is 6.13. The molecule has 1 aliphatic rings. The lowest BCUT2D eigenvalue weighted by Gasteiger charge is -2.31. The molecule has 0 saturated heterocycles. The van der Waals surface area contributed by atoms with Crippen molar-refractivity contribution in [2.75, 3.05) is 20.6 Å². The topological polar surface area (TPSA) is 68.5 Å². The fourth-order valence-corrected chi connectivity index (χ4v) is 5.53. The number of nitrogens with zero attached hydrogens (tertiary/aromatic N) is 3. The molecule has 5 rings (SSSR count). The van der Waals surface area contributed by atoms with Crippen LogP contribution in [0.4, 0.5) is 10.1 Å². The number of hydrogen-bond acceptors (Lipinski definition) is 6. The summed E-state index contributed by atoms with van der Waals surface area (Å²) in [5, 5.41) is 11.6. The number of nitro groups is 1. The lowest BCUT2D eigenvalue weighted by Crippen LogP contribution is -2.28. The lowest BCUT2D eigenvalue weighted by molar-refractivity contribution is -0.382. The van der Waals surface area contributed by atoms with E-state index in [0.29, 0.717) is 16.8 Å². The Morgan fingerprint density at radius 1 is 1.15 bits per heavy atom. The number of ether oxygens (including phenoxy) is 1. The second-order valence-corrected chi connectivity index (χ2v) is 9.71. The highest BCUT2D eigenvalue weighted by molar-refractivity contribution is 7.17. The Morgan fingerprint density at radius 2 is 1.94 bits per heavy atom. The monoisotopic (exact) mass is 477 g/mol. The summed E-state index contributed by atoms with van der Waals surface area (Å²) in [6, 6.07) is 16.1. The van der Waals surface area contributed by atoms with Gasteiger partial charge in [0.1, 0.15) is 16.1 Å². The van der Waals surface area contributed by atoms with Crippen LogP contribution in [0.3, 0.4) is 0 Å². The molecule has 4 aromatic rings. The van der Waals surface area contributed by atoms with E-state index < -0.39 is 5.60 Å². The molecule has 1 aromatic heterocycles. The zero-order valence-electron chi connectivity index (χ0n) is 19.0. The predicted molar refractivity (Wildman–Crippen MR) is 131 cm³/mol. The minimum atomic E-state index is -0.650. The number of aromatic nitrogens is 1. The normalized spacial score (nSPS) is 17.4. The van der Waals surface area contributed by atoms with Gasteiger partial charge < -0.3 is 9.64 Å². The van der Waals surface area contributed by atoms with Gasteiger partial charge in [0.15, 0.2) is 0 Å². The van der Waals surface area contributed by atoms with Crippen molar-refractivity contribution in [1.82, 2.24) is 9.88 Å². The van der Waals surface area contributed by atoms with Crippen LogP contribution in [0, 0.1) is 15.9 Å².